The molecule has 0 saturated heterocycles. The van der Waals surface area contributed by atoms with E-state index in [-0.39, 0.29) is 11.9 Å². The summed E-state index contributed by atoms with van der Waals surface area (Å²) in [5, 5.41) is 7.92. The van der Waals surface area contributed by atoms with Crippen LogP contribution in [-0.4, -0.2) is 16.0 Å². The highest BCUT2D eigenvalue weighted by atomic mass is 32.2. The average Bonchev–Trinajstić information content (AvgIpc) is 3.12. The van der Waals surface area contributed by atoms with Crippen LogP contribution in [0.15, 0.2) is 58.2 Å². The van der Waals surface area contributed by atoms with Gasteiger partial charge in [0.1, 0.15) is 10.8 Å². The lowest BCUT2D eigenvalue weighted by atomic mass is 9.87. The van der Waals surface area contributed by atoms with Crippen LogP contribution in [0.1, 0.15) is 51.8 Å². The number of hydrogen-bond donors (Lipinski definition) is 1. The topological polar surface area (TPSA) is 68.0 Å². The number of fused-ring (bicyclic) bond motifs is 1. The Labute approximate surface area is 162 Å². The summed E-state index contributed by atoms with van der Waals surface area (Å²) in [6, 6.07) is 13.9. The Balaban J connectivity index is 1.49. The third kappa shape index (κ3) is 4.06. The second-order valence-corrected chi connectivity index (χ2v) is 7.65. The predicted molar refractivity (Wildman–Crippen MR) is 105 cm³/mol. The van der Waals surface area contributed by atoms with E-state index in [9.17, 15) is 4.79 Å². The molecule has 5 nitrogen and oxygen atoms in total. The first-order valence-electron chi connectivity index (χ1n) is 9.09. The van der Waals surface area contributed by atoms with Gasteiger partial charge in [0, 0.05) is 18.0 Å². The van der Waals surface area contributed by atoms with Crippen LogP contribution in [0.2, 0.25) is 0 Å². The van der Waals surface area contributed by atoms with Gasteiger partial charge >= 0.3 is 0 Å². The summed E-state index contributed by atoms with van der Waals surface area (Å²) in [6.45, 7) is 1.86. The van der Waals surface area contributed by atoms with E-state index < -0.39 is 0 Å². The Hall–Kier alpha value is -2.60. The van der Waals surface area contributed by atoms with Crippen LogP contribution in [0.4, 0.5) is 0 Å². The lowest BCUT2D eigenvalue weighted by molar-refractivity contribution is 0.0929. The molecule has 2 heterocycles. The Morgan fingerprint density at radius 3 is 3.04 bits per heavy atom. The maximum absolute atomic E-state index is 13.0. The SMILES string of the molecule is Cc1cc(CSc2ncccc2C(=O)NC2CCCc3ccccc32)no1. The minimum Gasteiger partial charge on any atom is -0.361 e. The maximum atomic E-state index is 13.0. The number of thioether (sulfide) groups is 1. The van der Waals surface area contributed by atoms with Crippen molar-refractivity contribution in [3.8, 4) is 0 Å². The second-order valence-electron chi connectivity index (χ2n) is 6.69. The van der Waals surface area contributed by atoms with Crippen LogP contribution >= 0.6 is 11.8 Å². The van der Waals surface area contributed by atoms with E-state index in [4.69, 9.17) is 4.52 Å². The fourth-order valence-electron chi connectivity index (χ4n) is 3.45. The lowest BCUT2D eigenvalue weighted by Crippen LogP contribution is -2.31. The van der Waals surface area contributed by atoms with E-state index in [1.165, 1.54) is 22.9 Å². The Morgan fingerprint density at radius 2 is 2.19 bits per heavy atom. The van der Waals surface area contributed by atoms with E-state index in [0.717, 1.165) is 30.7 Å². The van der Waals surface area contributed by atoms with Crippen LogP contribution in [0.3, 0.4) is 0 Å². The zero-order valence-corrected chi connectivity index (χ0v) is 16.0. The largest absolute Gasteiger partial charge is 0.361 e. The van der Waals surface area contributed by atoms with Gasteiger partial charge in [0.2, 0.25) is 0 Å². The van der Waals surface area contributed by atoms with Crippen molar-refractivity contribution in [1.29, 1.82) is 0 Å². The highest BCUT2D eigenvalue weighted by Crippen LogP contribution is 2.30. The molecule has 138 valence electrons. The number of benzene rings is 1. The third-order valence-corrected chi connectivity index (χ3v) is 5.76. The molecule has 1 amide bonds. The summed E-state index contributed by atoms with van der Waals surface area (Å²) in [4.78, 5) is 17.4. The van der Waals surface area contributed by atoms with Crippen molar-refractivity contribution in [3.05, 3.63) is 76.8 Å². The quantitative estimate of drug-likeness (QED) is 0.662. The number of carbonyl (C=O) groups excluding carboxylic acids is 1. The van der Waals surface area contributed by atoms with Crippen LogP contribution < -0.4 is 5.32 Å². The van der Waals surface area contributed by atoms with Gasteiger partial charge in [0.15, 0.2) is 0 Å². The van der Waals surface area contributed by atoms with Gasteiger partial charge < -0.3 is 9.84 Å². The molecule has 2 aromatic heterocycles. The summed E-state index contributed by atoms with van der Waals surface area (Å²) in [6.07, 6.45) is 4.84. The van der Waals surface area contributed by atoms with E-state index in [0.29, 0.717) is 16.3 Å². The molecule has 4 rings (SSSR count). The fourth-order valence-corrected chi connectivity index (χ4v) is 4.32. The van der Waals surface area contributed by atoms with Crippen molar-refractivity contribution in [2.45, 2.75) is 43.0 Å². The van der Waals surface area contributed by atoms with E-state index in [2.05, 4.69) is 33.7 Å². The van der Waals surface area contributed by atoms with Gasteiger partial charge in [0.05, 0.1) is 17.3 Å². The van der Waals surface area contributed by atoms with Crippen molar-refractivity contribution in [2.24, 2.45) is 0 Å². The number of hydrogen-bond acceptors (Lipinski definition) is 5. The molecule has 0 spiro atoms. The Kier molecular flexibility index (Phi) is 5.25. The normalized spacial score (nSPS) is 16.0. The van der Waals surface area contributed by atoms with Gasteiger partial charge in [0.25, 0.3) is 5.91 Å². The average molecular weight is 379 g/mol. The summed E-state index contributed by atoms with van der Waals surface area (Å²) in [5.41, 5.74) is 4.01. The van der Waals surface area contributed by atoms with Crippen molar-refractivity contribution < 1.29 is 9.32 Å². The van der Waals surface area contributed by atoms with Crippen LogP contribution in [0.25, 0.3) is 0 Å². The molecule has 0 aliphatic heterocycles. The van der Waals surface area contributed by atoms with Crippen LogP contribution in [-0.2, 0) is 12.2 Å². The summed E-state index contributed by atoms with van der Waals surface area (Å²) in [7, 11) is 0. The predicted octanol–water partition coefficient (Wildman–Crippen LogP) is 4.48. The van der Waals surface area contributed by atoms with Gasteiger partial charge in [-0.3, -0.25) is 4.79 Å². The van der Waals surface area contributed by atoms with Crippen LogP contribution in [0, 0.1) is 6.92 Å². The molecule has 1 atom stereocenters. The van der Waals surface area contributed by atoms with Crippen molar-refractivity contribution in [2.75, 3.05) is 0 Å². The summed E-state index contributed by atoms with van der Waals surface area (Å²) in [5.74, 6) is 1.31. The zero-order chi connectivity index (χ0) is 18.6. The number of aromatic nitrogens is 2. The third-order valence-electron chi connectivity index (χ3n) is 4.72. The molecule has 1 aliphatic carbocycles. The summed E-state index contributed by atoms with van der Waals surface area (Å²) >= 11 is 1.49. The molecule has 0 bridgehead atoms. The maximum Gasteiger partial charge on any atom is 0.254 e. The molecule has 0 saturated carbocycles. The van der Waals surface area contributed by atoms with E-state index in [1.807, 2.05) is 25.1 Å². The van der Waals surface area contributed by atoms with Crippen molar-refractivity contribution >= 4 is 17.7 Å². The number of amides is 1. The Morgan fingerprint density at radius 1 is 1.30 bits per heavy atom. The number of nitrogens with one attached hydrogen (secondary N) is 1. The molecule has 1 aliphatic rings. The molecule has 6 heteroatoms. The van der Waals surface area contributed by atoms with Gasteiger partial charge in [-0.15, -0.1) is 0 Å². The van der Waals surface area contributed by atoms with Gasteiger partial charge in [-0.1, -0.05) is 41.2 Å². The molecule has 27 heavy (non-hydrogen) atoms. The highest BCUT2D eigenvalue weighted by molar-refractivity contribution is 7.98. The molecule has 3 aromatic rings. The lowest BCUT2D eigenvalue weighted by Gasteiger charge is -2.26. The molecule has 0 radical (unpaired) electrons. The number of carbonyl (C=O) groups is 1. The van der Waals surface area contributed by atoms with Crippen molar-refractivity contribution in [1.82, 2.24) is 15.5 Å². The van der Waals surface area contributed by atoms with Crippen LogP contribution in [0.5, 0.6) is 0 Å². The zero-order valence-electron chi connectivity index (χ0n) is 15.1. The molecule has 1 aromatic carbocycles. The summed E-state index contributed by atoms with van der Waals surface area (Å²) < 4.78 is 5.10. The molecular formula is C21H21N3O2S. The molecule has 0 fully saturated rings. The first kappa shape index (κ1) is 17.8. The highest BCUT2D eigenvalue weighted by Gasteiger charge is 2.23. The first-order valence-corrected chi connectivity index (χ1v) is 10.1. The van der Waals surface area contributed by atoms with Gasteiger partial charge in [-0.2, -0.15) is 0 Å². The molecule has 1 N–H and O–H groups in total. The number of pyridine rings is 1. The van der Waals surface area contributed by atoms with E-state index in [1.54, 1.807) is 12.3 Å². The Bertz CT molecular complexity index is 954. The number of rotatable bonds is 5. The minimum absolute atomic E-state index is 0.0543. The van der Waals surface area contributed by atoms with E-state index >= 15 is 0 Å². The van der Waals surface area contributed by atoms with Gasteiger partial charge in [-0.05, 0) is 49.4 Å². The number of nitrogens with zero attached hydrogens (tertiary/aromatic N) is 2. The molecular weight excluding hydrogens is 358 g/mol. The molecule has 1 unspecified atom stereocenters. The fraction of sp³-hybridized carbons (Fsp3) is 0.286. The number of aryl methyl sites for hydroxylation is 2. The first-order chi connectivity index (χ1) is 13.2. The monoisotopic (exact) mass is 379 g/mol. The minimum atomic E-state index is -0.0800. The standard InChI is InChI=1S/C21H21N3O2S/c1-14-12-16(24-26-14)13-27-21-18(9-5-11-22-21)20(25)23-19-10-4-7-15-6-2-3-8-17(15)19/h2-3,5-6,8-9,11-12,19H,4,7,10,13H2,1H3,(H,23,25). The smallest absolute Gasteiger partial charge is 0.254 e. The van der Waals surface area contributed by atoms with Gasteiger partial charge in [-0.25, -0.2) is 4.98 Å². The van der Waals surface area contributed by atoms with Crippen molar-refractivity contribution in [3.63, 3.8) is 0 Å². The second kappa shape index (κ2) is 7.96.